The first kappa shape index (κ1) is 16.4. The third kappa shape index (κ3) is 3.26. The van der Waals surface area contributed by atoms with Crippen molar-refractivity contribution in [2.75, 3.05) is 7.11 Å². The Morgan fingerprint density at radius 1 is 1.24 bits per heavy atom. The maximum Gasteiger partial charge on any atom is 0.340 e. The minimum Gasteiger partial charge on any atom is -0.465 e. The van der Waals surface area contributed by atoms with Crippen LogP contribution in [0.2, 0.25) is 0 Å². The molecule has 0 atom stereocenters. The first-order valence-electron chi connectivity index (χ1n) is 7.52. The smallest absolute Gasteiger partial charge is 0.340 e. The normalized spacial score (nSPS) is 10.3. The Morgan fingerprint density at radius 3 is 2.68 bits per heavy atom. The third-order valence-corrected chi connectivity index (χ3v) is 3.77. The van der Waals surface area contributed by atoms with Gasteiger partial charge in [0, 0.05) is 17.3 Å². The van der Waals surface area contributed by atoms with Crippen LogP contribution in [0, 0.1) is 17.1 Å². The van der Waals surface area contributed by atoms with Crippen molar-refractivity contribution < 1.29 is 13.9 Å². The van der Waals surface area contributed by atoms with E-state index in [-0.39, 0.29) is 23.4 Å². The largest absolute Gasteiger partial charge is 0.465 e. The number of esters is 1. The highest BCUT2D eigenvalue weighted by atomic mass is 19.1. The van der Waals surface area contributed by atoms with E-state index in [1.807, 2.05) is 30.3 Å². The van der Waals surface area contributed by atoms with Crippen molar-refractivity contribution in [3.63, 3.8) is 0 Å². The van der Waals surface area contributed by atoms with E-state index in [0.29, 0.717) is 5.56 Å². The molecule has 0 N–H and O–H groups in total. The summed E-state index contributed by atoms with van der Waals surface area (Å²) in [5.41, 5.74) is 1.95. The van der Waals surface area contributed by atoms with E-state index in [1.165, 1.54) is 17.9 Å². The molecule has 124 valence electrons. The highest BCUT2D eigenvalue weighted by Gasteiger charge is 2.17. The minimum atomic E-state index is -0.734. The maximum atomic E-state index is 14.5. The lowest BCUT2D eigenvalue weighted by Crippen LogP contribution is -2.09. The molecule has 0 saturated heterocycles. The molecule has 2 aromatic carbocycles. The third-order valence-electron chi connectivity index (χ3n) is 3.77. The molecule has 6 heteroatoms. The molecule has 0 fully saturated rings. The van der Waals surface area contributed by atoms with Crippen LogP contribution < -0.4 is 0 Å². The van der Waals surface area contributed by atoms with Crippen molar-refractivity contribution in [2.24, 2.45) is 0 Å². The summed E-state index contributed by atoms with van der Waals surface area (Å²) in [6.07, 6.45) is 1.69. The molecule has 0 saturated carbocycles. The van der Waals surface area contributed by atoms with Gasteiger partial charge in [0.05, 0.1) is 19.2 Å². The van der Waals surface area contributed by atoms with E-state index in [1.54, 1.807) is 18.3 Å². The van der Waals surface area contributed by atoms with E-state index < -0.39 is 11.8 Å². The van der Waals surface area contributed by atoms with Crippen molar-refractivity contribution in [2.45, 2.75) is 6.54 Å². The number of hydrogen-bond donors (Lipinski definition) is 0. The number of carbonyl (C=O) groups excluding carboxylic acids is 1. The van der Waals surface area contributed by atoms with Gasteiger partial charge in [0.2, 0.25) is 0 Å². The summed E-state index contributed by atoms with van der Waals surface area (Å²) >= 11 is 0. The fourth-order valence-electron chi connectivity index (χ4n) is 2.56. The quantitative estimate of drug-likeness (QED) is 0.685. The highest BCUT2D eigenvalue weighted by molar-refractivity contribution is 5.89. The lowest BCUT2D eigenvalue weighted by molar-refractivity contribution is 0.0595. The van der Waals surface area contributed by atoms with Crippen LogP contribution in [-0.2, 0) is 11.3 Å². The predicted molar refractivity (Wildman–Crippen MR) is 89.2 cm³/mol. The average Bonchev–Trinajstić information content (AvgIpc) is 3.06. The molecule has 3 rings (SSSR count). The number of ether oxygens (including phenoxy) is 1. The van der Waals surface area contributed by atoms with Crippen molar-refractivity contribution in [1.29, 1.82) is 5.26 Å². The highest BCUT2D eigenvalue weighted by Crippen LogP contribution is 2.23. The van der Waals surface area contributed by atoms with Gasteiger partial charge in [-0.05, 0) is 11.6 Å². The zero-order valence-electron chi connectivity index (χ0n) is 13.4. The van der Waals surface area contributed by atoms with Crippen LogP contribution in [0.15, 0.2) is 54.7 Å². The van der Waals surface area contributed by atoms with Crippen molar-refractivity contribution in [1.82, 2.24) is 9.78 Å². The lowest BCUT2D eigenvalue weighted by atomic mass is 10.1. The average molecular weight is 335 g/mol. The fourth-order valence-corrected chi connectivity index (χ4v) is 2.56. The summed E-state index contributed by atoms with van der Waals surface area (Å²) < 4.78 is 20.6. The van der Waals surface area contributed by atoms with Crippen LogP contribution in [0.25, 0.3) is 11.1 Å². The Balaban J connectivity index is 1.96. The van der Waals surface area contributed by atoms with Gasteiger partial charge in [0.15, 0.2) is 5.69 Å². The second-order valence-electron chi connectivity index (χ2n) is 5.34. The summed E-state index contributed by atoms with van der Waals surface area (Å²) in [7, 11) is 1.20. The number of rotatable bonds is 4. The van der Waals surface area contributed by atoms with Crippen LogP contribution in [-0.4, -0.2) is 22.9 Å². The molecule has 0 aliphatic carbocycles. The summed E-state index contributed by atoms with van der Waals surface area (Å²) in [4.78, 5) is 11.6. The zero-order chi connectivity index (χ0) is 17.8. The van der Waals surface area contributed by atoms with E-state index in [4.69, 9.17) is 0 Å². The first-order chi connectivity index (χ1) is 12.1. The standard InChI is InChI=1S/C19H14FN3O2/c1-25-19(24)15-9-5-8-14(18(15)20)11-23-12-16(17(10-21)22-23)13-6-3-2-4-7-13/h2-9,12H,11H2,1H3. The van der Waals surface area contributed by atoms with Gasteiger partial charge in [-0.2, -0.15) is 10.4 Å². The molecule has 0 bridgehead atoms. The molecule has 0 aliphatic heterocycles. The van der Waals surface area contributed by atoms with E-state index in [0.717, 1.165) is 5.56 Å². The van der Waals surface area contributed by atoms with Crippen LogP contribution in [0.5, 0.6) is 0 Å². The number of nitrogens with zero attached hydrogens (tertiary/aromatic N) is 3. The van der Waals surface area contributed by atoms with Gasteiger partial charge in [0.1, 0.15) is 11.9 Å². The van der Waals surface area contributed by atoms with Crippen LogP contribution in [0.3, 0.4) is 0 Å². The SMILES string of the molecule is COC(=O)c1cccc(Cn2cc(-c3ccccc3)c(C#N)n2)c1F. The van der Waals surface area contributed by atoms with Gasteiger partial charge < -0.3 is 4.74 Å². The first-order valence-corrected chi connectivity index (χ1v) is 7.52. The molecule has 5 nitrogen and oxygen atoms in total. The van der Waals surface area contributed by atoms with Crippen LogP contribution in [0.1, 0.15) is 21.6 Å². The van der Waals surface area contributed by atoms with Crippen molar-refractivity contribution in [3.05, 3.63) is 77.4 Å². The molecule has 0 radical (unpaired) electrons. The topological polar surface area (TPSA) is 67.9 Å². The Hall–Kier alpha value is -3.46. The lowest BCUT2D eigenvalue weighted by Gasteiger charge is -2.07. The van der Waals surface area contributed by atoms with Gasteiger partial charge in [0.25, 0.3) is 0 Å². The number of nitriles is 1. The Bertz CT molecular complexity index is 959. The van der Waals surface area contributed by atoms with E-state index >= 15 is 0 Å². The molecule has 0 aliphatic rings. The number of carbonyl (C=O) groups is 1. The Kier molecular flexibility index (Phi) is 4.57. The number of methoxy groups -OCH3 is 1. The van der Waals surface area contributed by atoms with Gasteiger partial charge in [-0.25, -0.2) is 9.18 Å². The predicted octanol–water partition coefficient (Wildman–Crippen LogP) is 3.40. The number of benzene rings is 2. The summed E-state index contributed by atoms with van der Waals surface area (Å²) in [5, 5.41) is 13.5. The summed E-state index contributed by atoms with van der Waals surface area (Å²) in [5.74, 6) is -1.38. The maximum absolute atomic E-state index is 14.5. The Labute approximate surface area is 143 Å². The fraction of sp³-hybridized carbons (Fsp3) is 0.105. The second-order valence-corrected chi connectivity index (χ2v) is 5.34. The van der Waals surface area contributed by atoms with Crippen LogP contribution in [0.4, 0.5) is 4.39 Å². The Morgan fingerprint density at radius 2 is 2.00 bits per heavy atom. The van der Waals surface area contributed by atoms with E-state index in [9.17, 15) is 14.4 Å². The van der Waals surface area contributed by atoms with Crippen molar-refractivity contribution in [3.8, 4) is 17.2 Å². The monoisotopic (exact) mass is 335 g/mol. The van der Waals surface area contributed by atoms with Gasteiger partial charge in [-0.1, -0.05) is 42.5 Å². The molecular weight excluding hydrogens is 321 g/mol. The number of hydrogen-bond acceptors (Lipinski definition) is 4. The van der Waals surface area contributed by atoms with Gasteiger partial charge in [-0.3, -0.25) is 4.68 Å². The van der Waals surface area contributed by atoms with Gasteiger partial charge >= 0.3 is 5.97 Å². The van der Waals surface area contributed by atoms with Crippen LogP contribution >= 0.6 is 0 Å². The van der Waals surface area contributed by atoms with Crippen molar-refractivity contribution >= 4 is 5.97 Å². The van der Waals surface area contributed by atoms with Gasteiger partial charge in [-0.15, -0.1) is 0 Å². The number of halogens is 1. The summed E-state index contributed by atoms with van der Waals surface area (Å²) in [6.45, 7) is 0.0954. The molecule has 1 aromatic heterocycles. The molecule has 3 aromatic rings. The van der Waals surface area contributed by atoms with E-state index in [2.05, 4.69) is 15.9 Å². The molecule has 1 heterocycles. The summed E-state index contributed by atoms with van der Waals surface area (Å²) in [6, 6.07) is 15.9. The number of aromatic nitrogens is 2. The molecule has 25 heavy (non-hydrogen) atoms. The zero-order valence-corrected chi connectivity index (χ0v) is 13.4. The molecule has 0 amide bonds. The molecule has 0 spiro atoms. The molecule has 0 unspecified atom stereocenters. The minimum absolute atomic E-state index is 0.0954. The molecular formula is C19H14FN3O2. The second kappa shape index (κ2) is 6.97.